The van der Waals surface area contributed by atoms with Gasteiger partial charge in [-0.25, -0.2) is 4.98 Å². The monoisotopic (exact) mass is 342 g/mol. The molecule has 0 radical (unpaired) electrons. The van der Waals surface area contributed by atoms with E-state index in [0.717, 1.165) is 50.5 Å². The molecule has 0 spiro atoms. The highest BCUT2D eigenvalue weighted by atomic mass is 16.2. The van der Waals surface area contributed by atoms with E-state index in [0.29, 0.717) is 0 Å². The summed E-state index contributed by atoms with van der Waals surface area (Å²) in [6, 6.07) is 2.19. The molecular formula is C18H26N6O. The summed E-state index contributed by atoms with van der Waals surface area (Å²) in [6.07, 6.45) is 3.70. The number of aromatic nitrogens is 3. The second-order valence-electron chi connectivity index (χ2n) is 7.36. The predicted molar refractivity (Wildman–Crippen MR) is 96.9 cm³/mol. The number of nitrogens with one attached hydrogen (secondary N) is 1. The van der Waals surface area contributed by atoms with Crippen molar-refractivity contribution in [3.63, 3.8) is 0 Å². The zero-order valence-corrected chi connectivity index (χ0v) is 15.2. The number of rotatable bonds is 3. The molecule has 134 valence electrons. The minimum absolute atomic E-state index is 0.0748. The SMILES string of the molecule is CC(C)N(C)C(=O)C1CN(c2c3c(nc4ccnn24)CCNCC3)C1. The summed E-state index contributed by atoms with van der Waals surface area (Å²) in [4.78, 5) is 21.5. The normalized spacial score (nSPS) is 18.2. The molecule has 0 bridgehead atoms. The predicted octanol–water partition coefficient (Wildman–Crippen LogP) is 0.721. The third-order valence-corrected chi connectivity index (χ3v) is 5.43. The van der Waals surface area contributed by atoms with E-state index in [-0.39, 0.29) is 17.9 Å². The van der Waals surface area contributed by atoms with Crippen LogP contribution >= 0.6 is 0 Å². The minimum Gasteiger partial charge on any atom is -0.354 e. The fourth-order valence-corrected chi connectivity index (χ4v) is 3.69. The van der Waals surface area contributed by atoms with Crippen molar-refractivity contribution in [2.45, 2.75) is 32.7 Å². The molecule has 2 aromatic heterocycles. The summed E-state index contributed by atoms with van der Waals surface area (Å²) in [5, 5.41) is 7.94. The van der Waals surface area contributed by atoms with Gasteiger partial charge in [0, 0.05) is 50.8 Å². The Morgan fingerprint density at radius 1 is 1.32 bits per heavy atom. The first-order chi connectivity index (χ1) is 12.1. The van der Waals surface area contributed by atoms with Crippen molar-refractivity contribution in [2.24, 2.45) is 5.92 Å². The molecule has 1 saturated heterocycles. The van der Waals surface area contributed by atoms with Crippen LogP contribution in [0.5, 0.6) is 0 Å². The maximum absolute atomic E-state index is 12.6. The number of anilines is 1. The topological polar surface area (TPSA) is 65.8 Å². The Morgan fingerprint density at radius 2 is 2.08 bits per heavy atom. The van der Waals surface area contributed by atoms with Crippen molar-refractivity contribution in [2.75, 3.05) is 38.1 Å². The number of amides is 1. The molecule has 1 fully saturated rings. The summed E-state index contributed by atoms with van der Waals surface area (Å²) < 4.78 is 1.94. The summed E-state index contributed by atoms with van der Waals surface area (Å²) in [7, 11) is 1.89. The average Bonchev–Trinajstić information content (AvgIpc) is 2.88. The lowest BCUT2D eigenvalue weighted by Crippen LogP contribution is -2.55. The molecule has 1 N–H and O–H groups in total. The molecule has 0 aromatic carbocycles. The van der Waals surface area contributed by atoms with Crippen molar-refractivity contribution in [3.05, 3.63) is 23.5 Å². The number of hydrogen-bond donors (Lipinski definition) is 1. The maximum Gasteiger partial charge on any atom is 0.229 e. The molecule has 4 heterocycles. The molecule has 2 aromatic rings. The Labute approximate surface area is 148 Å². The van der Waals surface area contributed by atoms with Gasteiger partial charge in [-0.2, -0.15) is 9.61 Å². The third-order valence-electron chi connectivity index (χ3n) is 5.43. The van der Waals surface area contributed by atoms with Gasteiger partial charge < -0.3 is 15.1 Å². The van der Waals surface area contributed by atoms with Gasteiger partial charge in [-0.15, -0.1) is 0 Å². The molecule has 0 saturated carbocycles. The fraction of sp³-hybridized carbons (Fsp3) is 0.611. The van der Waals surface area contributed by atoms with E-state index in [1.165, 1.54) is 11.3 Å². The second kappa shape index (κ2) is 6.29. The van der Waals surface area contributed by atoms with Crippen LogP contribution in [0.25, 0.3) is 5.65 Å². The van der Waals surface area contributed by atoms with Crippen LogP contribution in [0.15, 0.2) is 12.3 Å². The zero-order chi connectivity index (χ0) is 17.6. The van der Waals surface area contributed by atoms with Crippen LogP contribution in [0.3, 0.4) is 0 Å². The van der Waals surface area contributed by atoms with Crippen LogP contribution in [0, 0.1) is 5.92 Å². The third kappa shape index (κ3) is 2.76. The summed E-state index contributed by atoms with van der Waals surface area (Å²) in [5.41, 5.74) is 3.34. The van der Waals surface area contributed by atoms with Crippen molar-refractivity contribution in [1.29, 1.82) is 0 Å². The van der Waals surface area contributed by atoms with E-state index in [2.05, 4.69) is 29.2 Å². The largest absolute Gasteiger partial charge is 0.354 e. The van der Waals surface area contributed by atoms with Crippen LogP contribution in [0.1, 0.15) is 25.1 Å². The van der Waals surface area contributed by atoms with Crippen molar-refractivity contribution >= 4 is 17.4 Å². The number of fused-ring (bicyclic) bond motifs is 2. The lowest BCUT2D eigenvalue weighted by Gasteiger charge is -2.42. The van der Waals surface area contributed by atoms with Crippen LogP contribution in [0.4, 0.5) is 5.82 Å². The van der Waals surface area contributed by atoms with E-state index in [1.807, 2.05) is 22.5 Å². The Hall–Kier alpha value is -2.15. The highest BCUT2D eigenvalue weighted by Gasteiger charge is 2.37. The first kappa shape index (κ1) is 16.3. The van der Waals surface area contributed by atoms with E-state index < -0.39 is 0 Å². The van der Waals surface area contributed by atoms with E-state index in [1.54, 1.807) is 6.20 Å². The molecule has 7 nitrogen and oxygen atoms in total. The van der Waals surface area contributed by atoms with Gasteiger partial charge in [0.15, 0.2) is 5.65 Å². The van der Waals surface area contributed by atoms with Crippen molar-refractivity contribution < 1.29 is 4.79 Å². The van der Waals surface area contributed by atoms with Gasteiger partial charge in [-0.3, -0.25) is 4.79 Å². The molecule has 0 aliphatic carbocycles. The quantitative estimate of drug-likeness (QED) is 0.890. The van der Waals surface area contributed by atoms with E-state index in [9.17, 15) is 4.79 Å². The van der Waals surface area contributed by atoms with Crippen LogP contribution in [-0.2, 0) is 17.6 Å². The number of carbonyl (C=O) groups excluding carboxylic acids is 1. The fourth-order valence-electron chi connectivity index (χ4n) is 3.69. The Kier molecular flexibility index (Phi) is 4.11. The number of nitrogens with zero attached hydrogens (tertiary/aromatic N) is 5. The molecule has 0 atom stereocenters. The lowest BCUT2D eigenvalue weighted by molar-refractivity contribution is -0.136. The standard InChI is InChI=1S/C18H26N6O/c1-12(2)22(3)18(25)13-10-23(11-13)17-14-4-7-19-8-5-15(14)21-16-6-9-20-24(16)17/h6,9,12-13,19H,4-5,7-8,10-11H2,1-3H3. The van der Waals surface area contributed by atoms with Gasteiger partial charge in [0.1, 0.15) is 5.82 Å². The molecule has 7 heteroatoms. The van der Waals surface area contributed by atoms with Gasteiger partial charge in [0.2, 0.25) is 5.91 Å². The van der Waals surface area contributed by atoms with Crippen LogP contribution < -0.4 is 10.2 Å². The first-order valence-electron chi connectivity index (χ1n) is 9.14. The molecular weight excluding hydrogens is 316 g/mol. The highest BCUT2D eigenvalue weighted by molar-refractivity contribution is 5.82. The Morgan fingerprint density at radius 3 is 2.84 bits per heavy atom. The molecule has 2 aliphatic rings. The minimum atomic E-state index is 0.0748. The van der Waals surface area contributed by atoms with Gasteiger partial charge in [0.05, 0.1) is 17.8 Å². The molecule has 25 heavy (non-hydrogen) atoms. The summed E-state index contributed by atoms with van der Waals surface area (Å²) in [5.74, 6) is 1.44. The number of carbonyl (C=O) groups is 1. The van der Waals surface area contributed by atoms with Gasteiger partial charge in [-0.1, -0.05) is 0 Å². The van der Waals surface area contributed by atoms with Gasteiger partial charge in [0.25, 0.3) is 0 Å². The smallest absolute Gasteiger partial charge is 0.229 e. The molecule has 2 aliphatic heterocycles. The Bertz CT molecular complexity index is 792. The van der Waals surface area contributed by atoms with Crippen molar-refractivity contribution in [3.8, 4) is 0 Å². The van der Waals surface area contributed by atoms with Crippen molar-refractivity contribution in [1.82, 2.24) is 24.8 Å². The molecule has 4 rings (SSSR count). The van der Waals surface area contributed by atoms with Crippen LogP contribution in [-0.4, -0.2) is 64.7 Å². The van der Waals surface area contributed by atoms with E-state index >= 15 is 0 Å². The van der Waals surface area contributed by atoms with Crippen LogP contribution in [0.2, 0.25) is 0 Å². The van der Waals surface area contributed by atoms with Gasteiger partial charge in [-0.05, 0) is 26.8 Å². The average molecular weight is 342 g/mol. The second-order valence-corrected chi connectivity index (χ2v) is 7.36. The Balaban J connectivity index is 1.63. The lowest BCUT2D eigenvalue weighted by atomic mass is 9.96. The molecule has 1 amide bonds. The highest BCUT2D eigenvalue weighted by Crippen LogP contribution is 2.32. The summed E-state index contributed by atoms with van der Waals surface area (Å²) in [6.45, 7) is 7.54. The maximum atomic E-state index is 12.6. The summed E-state index contributed by atoms with van der Waals surface area (Å²) >= 11 is 0. The molecule has 0 unspecified atom stereocenters. The van der Waals surface area contributed by atoms with Gasteiger partial charge >= 0.3 is 0 Å². The zero-order valence-electron chi connectivity index (χ0n) is 15.2. The van der Waals surface area contributed by atoms with E-state index in [4.69, 9.17) is 4.98 Å². The number of hydrogen-bond acceptors (Lipinski definition) is 5. The first-order valence-corrected chi connectivity index (χ1v) is 9.14.